The third-order valence-electron chi connectivity index (χ3n) is 3.74. The summed E-state index contributed by atoms with van der Waals surface area (Å²) in [4.78, 5) is 0. The normalized spacial score (nSPS) is 34.3. The van der Waals surface area contributed by atoms with E-state index in [1.54, 1.807) is 0 Å². The quantitative estimate of drug-likeness (QED) is 0.723. The molecule has 112 valence electrons. The first kappa shape index (κ1) is 15.2. The van der Waals surface area contributed by atoms with E-state index in [0.29, 0.717) is 6.54 Å². The van der Waals surface area contributed by atoms with Gasteiger partial charge in [0.15, 0.2) is 0 Å². The van der Waals surface area contributed by atoms with Crippen LogP contribution in [-0.4, -0.2) is 68.6 Å². The fourth-order valence-electron chi connectivity index (χ4n) is 2.80. The van der Waals surface area contributed by atoms with Gasteiger partial charge < -0.3 is 15.2 Å². The lowest BCUT2D eigenvalue weighted by atomic mass is 10.0. The first-order chi connectivity index (χ1) is 9.01. The van der Waals surface area contributed by atoms with Crippen LogP contribution >= 0.6 is 0 Å². The van der Waals surface area contributed by atoms with Gasteiger partial charge in [-0.1, -0.05) is 0 Å². The molecule has 0 amide bonds. The van der Waals surface area contributed by atoms with Crippen molar-refractivity contribution in [2.45, 2.75) is 32.0 Å². The lowest BCUT2D eigenvalue weighted by molar-refractivity contribution is -0.0751. The van der Waals surface area contributed by atoms with E-state index in [2.05, 4.69) is 5.32 Å². The van der Waals surface area contributed by atoms with Crippen LogP contribution < -0.4 is 5.32 Å². The zero-order chi connectivity index (χ0) is 13.9. The molecule has 2 heterocycles. The number of sulfonamides is 1. The van der Waals surface area contributed by atoms with Gasteiger partial charge in [-0.05, 0) is 38.8 Å². The SMILES string of the molecule is CC1CN(S(=O)(=O)CC2CCCNC2)CC(CO)O1. The number of ether oxygens (including phenoxy) is 1. The molecule has 2 aliphatic heterocycles. The molecule has 0 bridgehead atoms. The molecule has 0 aromatic heterocycles. The number of piperidine rings is 1. The summed E-state index contributed by atoms with van der Waals surface area (Å²) in [7, 11) is -3.26. The molecule has 0 aromatic carbocycles. The highest BCUT2D eigenvalue weighted by atomic mass is 32.2. The zero-order valence-electron chi connectivity index (χ0n) is 11.4. The van der Waals surface area contributed by atoms with Crippen molar-refractivity contribution >= 4 is 10.0 Å². The Morgan fingerprint density at radius 3 is 2.84 bits per heavy atom. The van der Waals surface area contributed by atoms with E-state index in [-0.39, 0.29) is 30.9 Å². The summed E-state index contributed by atoms with van der Waals surface area (Å²) in [6, 6.07) is 0. The Labute approximate surface area is 115 Å². The molecule has 0 spiro atoms. The van der Waals surface area contributed by atoms with E-state index < -0.39 is 16.1 Å². The fourth-order valence-corrected chi connectivity index (χ4v) is 4.72. The van der Waals surface area contributed by atoms with E-state index in [1.807, 2.05) is 6.92 Å². The van der Waals surface area contributed by atoms with E-state index in [1.165, 1.54) is 4.31 Å². The zero-order valence-corrected chi connectivity index (χ0v) is 12.2. The lowest BCUT2D eigenvalue weighted by Gasteiger charge is -2.36. The molecule has 2 fully saturated rings. The van der Waals surface area contributed by atoms with Gasteiger partial charge in [-0.25, -0.2) is 8.42 Å². The first-order valence-electron chi connectivity index (χ1n) is 6.96. The summed E-state index contributed by atoms with van der Waals surface area (Å²) in [5.74, 6) is 0.398. The second-order valence-electron chi connectivity index (χ2n) is 5.56. The molecule has 0 radical (unpaired) electrons. The molecule has 0 aromatic rings. The lowest BCUT2D eigenvalue weighted by Crippen LogP contribution is -2.51. The van der Waals surface area contributed by atoms with Crippen LogP contribution in [-0.2, 0) is 14.8 Å². The Kier molecular flexibility index (Phi) is 5.19. The van der Waals surface area contributed by atoms with Crippen molar-refractivity contribution in [2.24, 2.45) is 5.92 Å². The van der Waals surface area contributed by atoms with Crippen LogP contribution in [0.4, 0.5) is 0 Å². The third-order valence-corrected chi connectivity index (χ3v) is 5.71. The van der Waals surface area contributed by atoms with Crippen molar-refractivity contribution in [1.82, 2.24) is 9.62 Å². The molecule has 3 unspecified atom stereocenters. The van der Waals surface area contributed by atoms with Crippen molar-refractivity contribution in [3.63, 3.8) is 0 Å². The highest BCUT2D eigenvalue weighted by Gasteiger charge is 2.34. The summed E-state index contributed by atoms with van der Waals surface area (Å²) in [5.41, 5.74) is 0. The van der Waals surface area contributed by atoms with Gasteiger partial charge in [0.25, 0.3) is 0 Å². The molecule has 7 heteroatoms. The van der Waals surface area contributed by atoms with Gasteiger partial charge in [0, 0.05) is 13.1 Å². The predicted molar refractivity (Wildman–Crippen MR) is 72.4 cm³/mol. The standard InChI is InChI=1S/C12H24N2O4S/c1-10-6-14(7-12(8-15)18-10)19(16,17)9-11-3-2-4-13-5-11/h10-13,15H,2-9H2,1H3. The number of aliphatic hydroxyl groups is 1. The van der Waals surface area contributed by atoms with Crippen LogP contribution in [0.15, 0.2) is 0 Å². The minimum absolute atomic E-state index is 0.138. The molecule has 2 saturated heterocycles. The van der Waals surface area contributed by atoms with Gasteiger partial charge in [-0.15, -0.1) is 0 Å². The topological polar surface area (TPSA) is 78.9 Å². The third kappa shape index (κ3) is 4.13. The van der Waals surface area contributed by atoms with Crippen LogP contribution in [0.2, 0.25) is 0 Å². The maximum Gasteiger partial charge on any atom is 0.214 e. The summed E-state index contributed by atoms with van der Waals surface area (Å²) < 4.78 is 31.8. The number of morpholine rings is 1. The second-order valence-corrected chi connectivity index (χ2v) is 7.57. The van der Waals surface area contributed by atoms with Gasteiger partial charge in [-0.2, -0.15) is 4.31 Å². The van der Waals surface area contributed by atoms with Gasteiger partial charge in [-0.3, -0.25) is 0 Å². The highest BCUT2D eigenvalue weighted by molar-refractivity contribution is 7.89. The van der Waals surface area contributed by atoms with E-state index in [0.717, 1.165) is 25.9 Å². The Balaban J connectivity index is 1.97. The first-order valence-corrected chi connectivity index (χ1v) is 8.57. The molecule has 0 aliphatic carbocycles. The average Bonchev–Trinajstić information content (AvgIpc) is 2.38. The smallest absolute Gasteiger partial charge is 0.214 e. The molecule has 6 nitrogen and oxygen atoms in total. The van der Waals surface area contributed by atoms with E-state index in [9.17, 15) is 8.42 Å². The molecule has 3 atom stereocenters. The number of aliphatic hydroxyl groups excluding tert-OH is 1. The van der Waals surface area contributed by atoms with Gasteiger partial charge >= 0.3 is 0 Å². The summed E-state index contributed by atoms with van der Waals surface area (Å²) in [6.45, 7) is 4.12. The molecule has 0 saturated carbocycles. The Bertz CT molecular complexity index is 381. The van der Waals surface area contributed by atoms with E-state index >= 15 is 0 Å². The monoisotopic (exact) mass is 292 g/mol. The maximum absolute atomic E-state index is 12.4. The summed E-state index contributed by atoms with van der Waals surface area (Å²) in [5, 5.41) is 12.4. The highest BCUT2D eigenvalue weighted by Crippen LogP contribution is 2.19. The fraction of sp³-hybridized carbons (Fsp3) is 1.00. The van der Waals surface area contributed by atoms with Crippen LogP contribution in [0.5, 0.6) is 0 Å². The van der Waals surface area contributed by atoms with Crippen LogP contribution in [0, 0.1) is 5.92 Å². The van der Waals surface area contributed by atoms with Crippen molar-refractivity contribution in [3.05, 3.63) is 0 Å². The molecule has 2 rings (SSSR count). The number of hydrogen-bond acceptors (Lipinski definition) is 5. The summed E-state index contributed by atoms with van der Waals surface area (Å²) >= 11 is 0. The number of nitrogens with one attached hydrogen (secondary N) is 1. The van der Waals surface area contributed by atoms with Gasteiger partial charge in [0.1, 0.15) is 0 Å². The molecule has 2 N–H and O–H groups in total. The van der Waals surface area contributed by atoms with Crippen molar-refractivity contribution in [3.8, 4) is 0 Å². The minimum atomic E-state index is -3.26. The summed E-state index contributed by atoms with van der Waals surface area (Å²) in [6.07, 6.45) is 1.45. The minimum Gasteiger partial charge on any atom is -0.394 e. The number of rotatable bonds is 4. The van der Waals surface area contributed by atoms with Crippen LogP contribution in [0.25, 0.3) is 0 Å². The number of nitrogens with zero attached hydrogens (tertiary/aromatic N) is 1. The van der Waals surface area contributed by atoms with Crippen LogP contribution in [0.1, 0.15) is 19.8 Å². The Morgan fingerprint density at radius 1 is 1.42 bits per heavy atom. The van der Waals surface area contributed by atoms with Crippen LogP contribution in [0.3, 0.4) is 0 Å². The molecular weight excluding hydrogens is 268 g/mol. The average molecular weight is 292 g/mol. The predicted octanol–water partition coefficient (Wildman–Crippen LogP) is -0.603. The van der Waals surface area contributed by atoms with Crippen molar-refractivity contribution in [2.75, 3.05) is 38.5 Å². The maximum atomic E-state index is 12.4. The number of hydrogen-bond donors (Lipinski definition) is 2. The largest absolute Gasteiger partial charge is 0.394 e. The Hall–Kier alpha value is -0.210. The molecular formula is C12H24N2O4S. The molecule has 2 aliphatic rings. The van der Waals surface area contributed by atoms with Crippen molar-refractivity contribution in [1.29, 1.82) is 0 Å². The van der Waals surface area contributed by atoms with Gasteiger partial charge in [0.05, 0.1) is 24.6 Å². The van der Waals surface area contributed by atoms with Gasteiger partial charge in [0.2, 0.25) is 10.0 Å². The van der Waals surface area contributed by atoms with Crippen molar-refractivity contribution < 1.29 is 18.3 Å². The second kappa shape index (κ2) is 6.49. The van der Waals surface area contributed by atoms with E-state index in [4.69, 9.17) is 9.84 Å². The molecule has 19 heavy (non-hydrogen) atoms. The Morgan fingerprint density at radius 2 is 2.21 bits per heavy atom.